The summed E-state index contributed by atoms with van der Waals surface area (Å²) in [5, 5.41) is 12.9. The molecule has 0 aliphatic carbocycles. The van der Waals surface area contributed by atoms with Gasteiger partial charge < -0.3 is 4.90 Å². The summed E-state index contributed by atoms with van der Waals surface area (Å²) < 4.78 is 27.9. The molecule has 0 spiro atoms. The van der Waals surface area contributed by atoms with Crippen molar-refractivity contribution in [2.75, 3.05) is 20.6 Å². The number of likely N-dealkylation sites (N-methyl/N-ethyl adjacent to an activating group) is 1. The van der Waals surface area contributed by atoms with E-state index in [9.17, 15) is 18.5 Å². The summed E-state index contributed by atoms with van der Waals surface area (Å²) in [6, 6.07) is 18.6. The van der Waals surface area contributed by atoms with Crippen molar-refractivity contribution in [1.82, 2.24) is 9.62 Å². The number of rotatable bonds is 7. The van der Waals surface area contributed by atoms with E-state index in [0.29, 0.717) is 0 Å². The minimum absolute atomic E-state index is 0.00599. The van der Waals surface area contributed by atoms with Crippen LogP contribution in [0.4, 0.5) is 5.69 Å². The summed E-state index contributed by atoms with van der Waals surface area (Å²) in [6.45, 7) is 0.167. The molecule has 1 N–H and O–H groups in total. The molecule has 0 saturated heterocycles. The number of fused-ring (bicyclic) bond motifs is 1. The van der Waals surface area contributed by atoms with Gasteiger partial charge in [0.05, 0.1) is 9.82 Å². The second-order valence-corrected chi connectivity index (χ2v) is 8.42. The van der Waals surface area contributed by atoms with Crippen LogP contribution in [0.1, 0.15) is 11.6 Å². The van der Waals surface area contributed by atoms with Gasteiger partial charge in [0.25, 0.3) is 5.69 Å². The Morgan fingerprint density at radius 3 is 2.29 bits per heavy atom. The number of sulfonamides is 1. The highest BCUT2D eigenvalue weighted by Gasteiger charge is 2.21. The highest BCUT2D eigenvalue weighted by atomic mass is 32.2. The highest BCUT2D eigenvalue weighted by Crippen LogP contribution is 2.27. The lowest BCUT2D eigenvalue weighted by Crippen LogP contribution is -2.34. The molecule has 1 atom stereocenters. The monoisotopic (exact) mass is 399 g/mol. The van der Waals surface area contributed by atoms with E-state index in [1.54, 1.807) is 0 Å². The van der Waals surface area contributed by atoms with E-state index in [4.69, 9.17) is 0 Å². The zero-order valence-electron chi connectivity index (χ0n) is 15.6. The van der Waals surface area contributed by atoms with Crippen LogP contribution in [0, 0.1) is 10.1 Å². The first-order valence-electron chi connectivity index (χ1n) is 8.68. The van der Waals surface area contributed by atoms with Gasteiger partial charge in [-0.15, -0.1) is 0 Å². The second kappa shape index (κ2) is 8.05. The molecule has 146 valence electrons. The Hall–Kier alpha value is -2.81. The molecule has 8 heteroatoms. The molecule has 7 nitrogen and oxygen atoms in total. The number of hydrogen-bond donors (Lipinski definition) is 1. The van der Waals surface area contributed by atoms with Crippen LogP contribution in [-0.2, 0) is 10.0 Å². The predicted octanol–water partition coefficient (Wildman–Crippen LogP) is 3.33. The maximum atomic E-state index is 12.6. The average molecular weight is 399 g/mol. The van der Waals surface area contributed by atoms with E-state index >= 15 is 0 Å². The number of nitrogens with one attached hydrogen (secondary N) is 1. The number of nitro benzene ring substituents is 1. The molecule has 3 rings (SSSR count). The number of benzene rings is 3. The fourth-order valence-electron chi connectivity index (χ4n) is 3.13. The van der Waals surface area contributed by atoms with E-state index in [2.05, 4.69) is 4.72 Å². The molecule has 0 aromatic heterocycles. The molecule has 0 aliphatic rings. The van der Waals surface area contributed by atoms with Gasteiger partial charge in [-0.3, -0.25) is 10.1 Å². The third-order valence-corrected chi connectivity index (χ3v) is 6.07. The van der Waals surface area contributed by atoms with Crippen LogP contribution in [0.5, 0.6) is 0 Å². The number of nitro groups is 1. The molecule has 0 aliphatic heterocycles. The van der Waals surface area contributed by atoms with Crippen molar-refractivity contribution in [3.63, 3.8) is 0 Å². The smallest absolute Gasteiger partial charge is 0.269 e. The topological polar surface area (TPSA) is 92.6 Å². The lowest BCUT2D eigenvalue weighted by Gasteiger charge is -2.26. The van der Waals surface area contributed by atoms with Gasteiger partial charge >= 0.3 is 0 Å². The van der Waals surface area contributed by atoms with Gasteiger partial charge in [-0.2, -0.15) is 0 Å². The van der Waals surface area contributed by atoms with Crippen molar-refractivity contribution in [3.05, 3.63) is 82.4 Å². The minimum atomic E-state index is -3.79. The van der Waals surface area contributed by atoms with Gasteiger partial charge in [0.2, 0.25) is 10.0 Å². The molecule has 0 heterocycles. The predicted molar refractivity (Wildman–Crippen MR) is 109 cm³/mol. The van der Waals surface area contributed by atoms with Crippen molar-refractivity contribution in [2.24, 2.45) is 0 Å². The summed E-state index contributed by atoms with van der Waals surface area (Å²) in [4.78, 5) is 12.1. The van der Waals surface area contributed by atoms with E-state index in [0.717, 1.165) is 16.3 Å². The van der Waals surface area contributed by atoms with E-state index in [1.165, 1.54) is 24.3 Å². The molecule has 0 saturated carbocycles. The van der Waals surface area contributed by atoms with Crippen molar-refractivity contribution in [2.45, 2.75) is 10.9 Å². The quantitative estimate of drug-likeness (QED) is 0.486. The van der Waals surface area contributed by atoms with Crippen LogP contribution < -0.4 is 4.72 Å². The van der Waals surface area contributed by atoms with Gasteiger partial charge in [-0.05, 0) is 42.6 Å². The zero-order chi connectivity index (χ0) is 20.3. The Kier molecular flexibility index (Phi) is 5.73. The van der Waals surface area contributed by atoms with Gasteiger partial charge in [0.1, 0.15) is 0 Å². The molecule has 28 heavy (non-hydrogen) atoms. The van der Waals surface area contributed by atoms with Crippen LogP contribution in [0.2, 0.25) is 0 Å². The standard InChI is InChI=1S/C20H21N3O4S/c1-22(2)20(19-9-5-7-15-6-3-4-8-18(15)19)14-21-28(26,27)17-12-10-16(11-13-17)23(24)25/h3-13,20-21H,14H2,1-2H3/t20-/m1/s1. The van der Waals surface area contributed by atoms with Gasteiger partial charge in [0, 0.05) is 24.7 Å². The van der Waals surface area contributed by atoms with E-state index in [-0.39, 0.29) is 23.2 Å². The van der Waals surface area contributed by atoms with Crippen molar-refractivity contribution in [1.29, 1.82) is 0 Å². The van der Waals surface area contributed by atoms with Crippen molar-refractivity contribution < 1.29 is 13.3 Å². The van der Waals surface area contributed by atoms with Crippen LogP contribution in [0.3, 0.4) is 0 Å². The fourth-order valence-corrected chi connectivity index (χ4v) is 4.17. The molecular weight excluding hydrogens is 378 g/mol. The molecule has 0 radical (unpaired) electrons. The van der Waals surface area contributed by atoms with Crippen molar-refractivity contribution >= 4 is 26.5 Å². The molecule has 0 unspecified atom stereocenters. The summed E-state index contributed by atoms with van der Waals surface area (Å²) in [5.74, 6) is 0. The minimum Gasteiger partial charge on any atom is -0.301 e. The first-order valence-corrected chi connectivity index (χ1v) is 10.2. The van der Waals surface area contributed by atoms with E-state index in [1.807, 2.05) is 61.5 Å². The molecular formula is C20H21N3O4S. The molecule has 0 amide bonds. The molecule has 3 aromatic carbocycles. The third-order valence-electron chi connectivity index (χ3n) is 4.63. The first-order chi connectivity index (χ1) is 13.3. The number of non-ortho nitro benzene ring substituents is 1. The largest absolute Gasteiger partial charge is 0.301 e. The Labute approximate surface area is 163 Å². The van der Waals surface area contributed by atoms with Crippen LogP contribution in [0.25, 0.3) is 10.8 Å². The Bertz CT molecular complexity index is 1090. The number of hydrogen-bond acceptors (Lipinski definition) is 5. The third kappa shape index (κ3) is 4.19. The Balaban J connectivity index is 1.86. The number of nitrogens with zero attached hydrogens (tertiary/aromatic N) is 2. The Morgan fingerprint density at radius 1 is 1.00 bits per heavy atom. The van der Waals surface area contributed by atoms with Crippen LogP contribution >= 0.6 is 0 Å². The molecule has 0 fully saturated rings. The van der Waals surface area contributed by atoms with Gasteiger partial charge in [0.15, 0.2) is 0 Å². The summed E-state index contributed by atoms with van der Waals surface area (Å²) >= 11 is 0. The summed E-state index contributed by atoms with van der Waals surface area (Å²) in [7, 11) is -0.000958. The van der Waals surface area contributed by atoms with Crippen molar-refractivity contribution in [3.8, 4) is 0 Å². The fraction of sp³-hybridized carbons (Fsp3) is 0.200. The summed E-state index contributed by atoms with van der Waals surface area (Å²) in [6.07, 6.45) is 0. The maximum absolute atomic E-state index is 12.6. The Morgan fingerprint density at radius 2 is 1.64 bits per heavy atom. The zero-order valence-corrected chi connectivity index (χ0v) is 16.4. The highest BCUT2D eigenvalue weighted by molar-refractivity contribution is 7.89. The van der Waals surface area contributed by atoms with Crippen LogP contribution in [0.15, 0.2) is 71.6 Å². The lowest BCUT2D eigenvalue weighted by atomic mass is 9.98. The molecule has 3 aromatic rings. The van der Waals surface area contributed by atoms with Crippen LogP contribution in [-0.4, -0.2) is 38.9 Å². The average Bonchev–Trinajstić information content (AvgIpc) is 2.68. The summed E-state index contributed by atoms with van der Waals surface area (Å²) in [5.41, 5.74) is 0.871. The normalized spacial score (nSPS) is 13.0. The molecule has 0 bridgehead atoms. The van der Waals surface area contributed by atoms with E-state index < -0.39 is 14.9 Å². The first kappa shape index (κ1) is 19.9. The maximum Gasteiger partial charge on any atom is 0.269 e. The second-order valence-electron chi connectivity index (χ2n) is 6.65. The SMILES string of the molecule is CN(C)[C@H](CNS(=O)(=O)c1ccc([N+](=O)[O-])cc1)c1cccc2ccccc12. The van der Waals surface area contributed by atoms with Gasteiger partial charge in [-0.1, -0.05) is 42.5 Å². The lowest BCUT2D eigenvalue weighted by molar-refractivity contribution is -0.384. The van der Waals surface area contributed by atoms with Gasteiger partial charge in [-0.25, -0.2) is 13.1 Å².